The molecule has 6 heteroatoms. The summed E-state index contributed by atoms with van der Waals surface area (Å²) in [6.07, 6.45) is 0. The van der Waals surface area contributed by atoms with Gasteiger partial charge in [0.2, 0.25) is 5.91 Å². The molecule has 0 heterocycles. The van der Waals surface area contributed by atoms with Crippen LogP contribution >= 0.6 is 23.4 Å². The molecule has 1 amide bonds. The van der Waals surface area contributed by atoms with Crippen LogP contribution in [0.3, 0.4) is 0 Å². The van der Waals surface area contributed by atoms with Crippen LogP contribution in [-0.4, -0.2) is 24.8 Å². The van der Waals surface area contributed by atoms with Crippen molar-refractivity contribution in [3.8, 4) is 5.75 Å². The number of hydrogen-bond acceptors (Lipinski definition) is 3. The molecule has 1 N–H and O–H groups in total. The molecular formula is C19H21ClFNO2S. The smallest absolute Gasteiger partial charge is 0.230 e. The van der Waals surface area contributed by atoms with Gasteiger partial charge in [-0.25, -0.2) is 4.39 Å². The second-order valence-electron chi connectivity index (χ2n) is 5.59. The van der Waals surface area contributed by atoms with E-state index in [4.69, 9.17) is 16.3 Å². The van der Waals surface area contributed by atoms with Crippen molar-refractivity contribution in [1.29, 1.82) is 0 Å². The van der Waals surface area contributed by atoms with Gasteiger partial charge in [-0.1, -0.05) is 29.8 Å². The lowest BCUT2D eigenvalue weighted by Gasteiger charge is -2.11. The molecular weight excluding hydrogens is 361 g/mol. The second kappa shape index (κ2) is 9.68. The van der Waals surface area contributed by atoms with Crippen LogP contribution in [0.2, 0.25) is 5.02 Å². The number of aryl methyl sites for hydroxylation is 1. The molecule has 0 aliphatic rings. The van der Waals surface area contributed by atoms with E-state index >= 15 is 0 Å². The quantitative estimate of drug-likeness (QED) is 0.683. The van der Waals surface area contributed by atoms with Gasteiger partial charge in [0.1, 0.15) is 18.2 Å². The van der Waals surface area contributed by atoms with E-state index in [0.29, 0.717) is 29.5 Å². The molecule has 0 saturated carbocycles. The Labute approximate surface area is 156 Å². The maximum atomic E-state index is 13.6. The van der Waals surface area contributed by atoms with Gasteiger partial charge < -0.3 is 10.1 Å². The molecule has 0 saturated heterocycles. The third kappa shape index (κ3) is 5.94. The van der Waals surface area contributed by atoms with Gasteiger partial charge in [0.05, 0.1) is 12.3 Å². The molecule has 2 aromatic carbocycles. The van der Waals surface area contributed by atoms with Crippen molar-refractivity contribution in [2.75, 3.05) is 18.9 Å². The molecule has 134 valence electrons. The molecule has 0 atom stereocenters. The van der Waals surface area contributed by atoms with E-state index in [9.17, 15) is 9.18 Å². The van der Waals surface area contributed by atoms with E-state index in [1.807, 2.05) is 32.0 Å². The highest BCUT2D eigenvalue weighted by Gasteiger charge is 2.08. The summed E-state index contributed by atoms with van der Waals surface area (Å²) in [5.41, 5.74) is 2.70. The summed E-state index contributed by atoms with van der Waals surface area (Å²) in [6, 6.07) is 10.5. The maximum Gasteiger partial charge on any atom is 0.230 e. The first-order valence-electron chi connectivity index (χ1n) is 7.95. The van der Waals surface area contributed by atoms with Crippen LogP contribution in [0, 0.1) is 19.7 Å². The Morgan fingerprint density at radius 2 is 2.00 bits per heavy atom. The first-order chi connectivity index (χ1) is 12.0. The van der Waals surface area contributed by atoms with Crippen molar-refractivity contribution < 1.29 is 13.9 Å². The molecule has 0 fully saturated rings. The predicted octanol–water partition coefficient (Wildman–Crippen LogP) is 4.52. The van der Waals surface area contributed by atoms with Crippen molar-refractivity contribution in [2.24, 2.45) is 0 Å². The Kier molecular flexibility index (Phi) is 7.59. The molecule has 0 aliphatic heterocycles. The Morgan fingerprint density at radius 1 is 1.24 bits per heavy atom. The number of hydrogen-bond donors (Lipinski definition) is 1. The molecule has 0 aromatic heterocycles. The molecule has 0 spiro atoms. The molecule has 0 aliphatic carbocycles. The van der Waals surface area contributed by atoms with Gasteiger partial charge in [-0.2, -0.15) is 0 Å². The number of carbonyl (C=O) groups excluding carboxylic acids is 1. The number of halogens is 2. The summed E-state index contributed by atoms with van der Waals surface area (Å²) < 4.78 is 19.3. The van der Waals surface area contributed by atoms with Gasteiger partial charge in [-0.15, -0.1) is 11.8 Å². The first-order valence-corrected chi connectivity index (χ1v) is 9.48. The summed E-state index contributed by atoms with van der Waals surface area (Å²) in [5, 5.41) is 3.18. The predicted molar refractivity (Wildman–Crippen MR) is 102 cm³/mol. The van der Waals surface area contributed by atoms with Crippen molar-refractivity contribution in [3.05, 3.63) is 63.9 Å². The van der Waals surface area contributed by atoms with Crippen molar-refractivity contribution in [2.45, 2.75) is 19.6 Å². The van der Waals surface area contributed by atoms with E-state index in [1.54, 1.807) is 12.1 Å². The van der Waals surface area contributed by atoms with Crippen molar-refractivity contribution >= 4 is 29.3 Å². The SMILES string of the molecule is Cc1cccc(OCCNC(=O)CSCc2c(F)cccc2Cl)c1C. The Bertz CT molecular complexity index is 719. The third-order valence-corrected chi connectivity index (χ3v) is 5.09. The topological polar surface area (TPSA) is 38.3 Å². The monoisotopic (exact) mass is 381 g/mol. The Morgan fingerprint density at radius 3 is 2.76 bits per heavy atom. The first kappa shape index (κ1) is 19.6. The number of rotatable bonds is 8. The zero-order chi connectivity index (χ0) is 18.2. The van der Waals surface area contributed by atoms with Crippen molar-refractivity contribution in [1.82, 2.24) is 5.32 Å². The van der Waals surface area contributed by atoms with Crippen LogP contribution in [-0.2, 0) is 10.5 Å². The molecule has 0 radical (unpaired) electrons. The van der Waals surface area contributed by atoms with E-state index in [0.717, 1.165) is 11.3 Å². The number of nitrogens with one attached hydrogen (secondary N) is 1. The number of amides is 1. The summed E-state index contributed by atoms with van der Waals surface area (Å²) in [6.45, 7) is 4.86. The van der Waals surface area contributed by atoms with E-state index < -0.39 is 0 Å². The maximum absolute atomic E-state index is 13.6. The minimum atomic E-state index is -0.345. The summed E-state index contributed by atoms with van der Waals surface area (Å²) in [7, 11) is 0. The number of benzene rings is 2. The zero-order valence-corrected chi connectivity index (χ0v) is 15.8. The lowest BCUT2D eigenvalue weighted by Crippen LogP contribution is -2.29. The highest BCUT2D eigenvalue weighted by Crippen LogP contribution is 2.23. The standard InChI is InChI=1S/C19H21ClFNO2S/c1-13-5-3-8-18(14(13)2)24-10-9-22-19(23)12-25-11-15-16(20)6-4-7-17(15)21/h3-8H,9-12H2,1-2H3,(H,22,23). The number of carbonyl (C=O) groups is 1. The van der Waals surface area contributed by atoms with E-state index in [2.05, 4.69) is 5.32 Å². The summed E-state index contributed by atoms with van der Waals surface area (Å²) in [4.78, 5) is 11.8. The van der Waals surface area contributed by atoms with Gasteiger partial charge >= 0.3 is 0 Å². The van der Waals surface area contributed by atoms with Crippen LogP contribution in [0.25, 0.3) is 0 Å². The van der Waals surface area contributed by atoms with Gasteiger partial charge in [0, 0.05) is 16.3 Å². The molecule has 0 unspecified atom stereocenters. The van der Waals surface area contributed by atoms with Crippen LogP contribution in [0.15, 0.2) is 36.4 Å². The summed E-state index contributed by atoms with van der Waals surface area (Å²) >= 11 is 7.28. The van der Waals surface area contributed by atoms with Crippen LogP contribution in [0.1, 0.15) is 16.7 Å². The minimum absolute atomic E-state index is 0.109. The Balaban J connectivity index is 1.67. The lowest BCUT2D eigenvalue weighted by atomic mass is 10.1. The number of thioether (sulfide) groups is 1. The molecule has 25 heavy (non-hydrogen) atoms. The molecule has 2 aromatic rings. The third-order valence-electron chi connectivity index (χ3n) is 3.78. The van der Waals surface area contributed by atoms with Crippen LogP contribution < -0.4 is 10.1 Å². The van der Waals surface area contributed by atoms with Gasteiger partial charge in [-0.3, -0.25) is 4.79 Å². The zero-order valence-electron chi connectivity index (χ0n) is 14.3. The average molecular weight is 382 g/mol. The fourth-order valence-corrected chi connectivity index (χ4v) is 3.40. The average Bonchev–Trinajstić information content (AvgIpc) is 2.58. The van der Waals surface area contributed by atoms with Gasteiger partial charge in [-0.05, 0) is 43.2 Å². The van der Waals surface area contributed by atoms with Crippen molar-refractivity contribution in [3.63, 3.8) is 0 Å². The highest BCUT2D eigenvalue weighted by atomic mass is 35.5. The molecule has 0 bridgehead atoms. The lowest BCUT2D eigenvalue weighted by molar-refractivity contribution is -0.118. The normalized spacial score (nSPS) is 10.6. The van der Waals surface area contributed by atoms with Gasteiger partial charge in [0.15, 0.2) is 0 Å². The van der Waals surface area contributed by atoms with Crippen LogP contribution in [0.4, 0.5) is 4.39 Å². The highest BCUT2D eigenvalue weighted by molar-refractivity contribution is 7.99. The van der Waals surface area contributed by atoms with E-state index in [1.165, 1.54) is 23.4 Å². The van der Waals surface area contributed by atoms with Crippen LogP contribution in [0.5, 0.6) is 5.75 Å². The Hall–Kier alpha value is -1.72. The summed E-state index contributed by atoms with van der Waals surface area (Å²) in [5.74, 6) is 0.980. The largest absolute Gasteiger partial charge is 0.491 e. The van der Waals surface area contributed by atoms with Gasteiger partial charge in [0.25, 0.3) is 0 Å². The fourth-order valence-electron chi connectivity index (χ4n) is 2.20. The fraction of sp³-hybridized carbons (Fsp3) is 0.316. The molecule has 2 rings (SSSR count). The minimum Gasteiger partial charge on any atom is -0.491 e. The second-order valence-corrected chi connectivity index (χ2v) is 6.98. The van der Waals surface area contributed by atoms with E-state index in [-0.39, 0.29) is 17.5 Å². The number of ether oxygens (including phenoxy) is 1. The molecule has 3 nitrogen and oxygen atoms in total.